The van der Waals surface area contributed by atoms with E-state index in [0.717, 1.165) is 26.6 Å². The summed E-state index contributed by atoms with van der Waals surface area (Å²) in [5, 5.41) is 10.9. The van der Waals surface area contributed by atoms with Crippen molar-refractivity contribution in [2.45, 2.75) is 52.6 Å². The minimum absolute atomic E-state index is 0.139. The van der Waals surface area contributed by atoms with Crippen LogP contribution in [0.1, 0.15) is 56.5 Å². The number of hydrogen-bond donors (Lipinski definition) is 2. The fourth-order valence-electron chi connectivity index (χ4n) is 4.43. The first-order valence-corrected chi connectivity index (χ1v) is 13.6. The first kappa shape index (κ1) is 24.6. The van der Waals surface area contributed by atoms with E-state index in [0.29, 0.717) is 24.3 Å². The van der Waals surface area contributed by atoms with E-state index in [1.165, 1.54) is 11.8 Å². The minimum Gasteiger partial charge on any atom is -0.478 e. The molecule has 0 fully saturated rings. The second-order valence-corrected chi connectivity index (χ2v) is 12.5. The van der Waals surface area contributed by atoms with Gasteiger partial charge in [0.1, 0.15) is 5.50 Å². The summed E-state index contributed by atoms with van der Waals surface area (Å²) >= 11 is 1.53. The zero-order valence-electron chi connectivity index (χ0n) is 19.8. The lowest BCUT2D eigenvalue weighted by molar-refractivity contribution is 0.0697. The Balaban J connectivity index is 1.68. The van der Waals surface area contributed by atoms with Crippen molar-refractivity contribution in [1.29, 1.82) is 0 Å². The highest BCUT2D eigenvalue weighted by atomic mass is 32.2. The normalized spacial score (nSPS) is 18.6. The Morgan fingerprint density at radius 2 is 1.82 bits per heavy atom. The smallest absolute Gasteiger partial charge is 0.335 e. The van der Waals surface area contributed by atoms with E-state index in [1.807, 2.05) is 31.2 Å². The standard InChI is InChI=1S/C26H30N2O4S2/c1-17-23(26(2,3)4)33-25(28(17)16-18-12-14-20(15-13-18)24(29)30)27-34(31,32)22-11-7-9-19-8-5-6-10-21(19)22/h5-6,8-10,12-15,25,27H,7,11,16H2,1-4H3,(H,29,30). The van der Waals surface area contributed by atoms with Crippen LogP contribution in [0.2, 0.25) is 0 Å². The Kier molecular flexibility index (Phi) is 6.68. The third kappa shape index (κ3) is 4.94. The largest absolute Gasteiger partial charge is 0.478 e. The third-order valence-electron chi connectivity index (χ3n) is 6.08. The fraction of sp³-hybridized carbons (Fsp3) is 0.346. The number of carboxylic acids is 1. The van der Waals surface area contributed by atoms with Gasteiger partial charge in [0.2, 0.25) is 10.0 Å². The van der Waals surface area contributed by atoms with Gasteiger partial charge in [-0.25, -0.2) is 13.2 Å². The molecule has 0 spiro atoms. The monoisotopic (exact) mass is 498 g/mol. The van der Waals surface area contributed by atoms with Crippen LogP contribution in [0.5, 0.6) is 0 Å². The number of rotatable bonds is 6. The molecule has 0 saturated heterocycles. The molecule has 1 atom stereocenters. The summed E-state index contributed by atoms with van der Waals surface area (Å²) in [6, 6.07) is 14.3. The lowest BCUT2D eigenvalue weighted by Crippen LogP contribution is -2.44. The molecule has 2 aromatic rings. The number of aromatic carboxylic acids is 1. The Morgan fingerprint density at radius 1 is 1.15 bits per heavy atom. The molecule has 1 aliphatic carbocycles. The van der Waals surface area contributed by atoms with Crippen molar-refractivity contribution in [3.63, 3.8) is 0 Å². The average Bonchev–Trinajstić information content (AvgIpc) is 3.08. The highest BCUT2D eigenvalue weighted by Gasteiger charge is 2.38. The van der Waals surface area contributed by atoms with Gasteiger partial charge in [0, 0.05) is 17.1 Å². The molecule has 2 aromatic carbocycles. The van der Waals surface area contributed by atoms with E-state index in [9.17, 15) is 18.3 Å². The van der Waals surface area contributed by atoms with Crippen molar-refractivity contribution in [2.75, 3.05) is 0 Å². The molecule has 0 bridgehead atoms. The van der Waals surface area contributed by atoms with E-state index >= 15 is 0 Å². The van der Waals surface area contributed by atoms with Crippen molar-refractivity contribution in [3.05, 3.63) is 80.7 Å². The molecule has 1 heterocycles. The Hall–Kier alpha value is -2.55. The van der Waals surface area contributed by atoms with Crippen molar-refractivity contribution in [2.24, 2.45) is 5.41 Å². The molecule has 0 aromatic heterocycles. The summed E-state index contributed by atoms with van der Waals surface area (Å²) in [7, 11) is -3.74. The van der Waals surface area contributed by atoms with Crippen LogP contribution in [0.4, 0.5) is 0 Å². The van der Waals surface area contributed by atoms with Crippen LogP contribution < -0.4 is 15.2 Å². The number of thioether (sulfide) groups is 1. The highest BCUT2D eigenvalue weighted by Crippen LogP contribution is 2.47. The number of nitrogens with zero attached hydrogens (tertiary/aromatic N) is 1. The Bertz CT molecular complexity index is 1370. The number of carboxylic acid groups (broad SMARTS) is 1. The number of benzene rings is 2. The summed E-state index contributed by atoms with van der Waals surface area (Å²) in [5.74, 6) is -0.970. The SMILES string of the molecule is CC1=C(C(C)(C)C)SC(NS(=O)(=O)C2=c3ccccc3=CCC2)N1Cc1ccc(C(=O)O)cc1. The van der Waals surface area contributed by atoms with Crippen LogP contribution in [-0.4, -0.2) is 29.9 Å². The summed E-state index contributed by atoms with van der Waals surface area (Å²) < 4.78 is 30.2. The molecule has 1 aliphatic heterocycles. The van der Waals surface area contributed by atoms with E-state index < -0.39 is 21.5 Å². The summed E-state index contributed by atoms with van der Waals surface area (Å²) in [5.41, 5.74) is 1.52. The highest BCUT2D eigenvalue weighted by molar-refractivity contribution is 8.05. The molecule has 2 N–H and O–H groups in total. The third-order valence-corrected chi connectivity index (χ3v) is 9.58. The van der Waals surface area contributed by atoms with Gasteiger partial charge < -0.3 is 10.0 Å². The van der Waals surface area contributed by atoms with Gasteiger partial charge in [-0.2, -0.15) is 4.72 Å². The van der Waals surface area contributed by atoms with Crippen LogP contribution in [0.3, 0.4) is 0 Å². The van der Waals surface area contributed by atoms with Crippen molar-refractivity contribution in [1.82, 2.24) is 9.62 Å². The maximum atomic E-state index is 13.6. The van der Waals surface area contributed by atoms with E-state index in [4.69, 9.17) is 0 Å². The summed E-state index contributed by atoms with van der Waals surface area (Å²) in [6.07, 6.45) is 3.24. The lowest BCUT2D eigenvalue weighted by Gasteiger charge is -2.29. The molecule has 2 aliphatic rings. The van der Waals surface area contributed by atoms with Gasteiger partial charge in [-0.1, -0.05) is 75.0 Å². The number of fused-ring (bicyclic) bond motifs is 1. The lowest BCUT2D eigenvalue weighted by atomic mass is 9.94. The number of sulfonamides is 1. The zero-order chi connectivity index (χ0) is 24.7. The van der Waals surface area contributed by atoms with Gasteiger partial charge in [-0.05, 0) is 53.3 Å². The maximum absolute atomic E-state index is 13.6. The quantitative estimate of drug-likeness (QED) is 0.630. The van der Waals surface area contributed by atoms with Crippen molar-refractivity contribution in [3.8, 4) is 0 Å². The summed E-state index contributed by atoms with van der Waals surface area (Å²) in [6.45, 7) is 8.85. The van der Waals surface area contributed by atoms with E-state index in [1.54, 1.807) is 24.3 Å². The number of allylic oxidation sites excluding steroid dienone is 2. The number of hydrogen-bond acceptors (Lipinski definition) is 5. The summed E-state index contributed by atoms with van der Waals surface area (Å²) in [4.78, 5) is 14.8. The Labute approximate surface area is 205 Å². The molecule has 0 saturated carbocycles. The average molecular weight is 499 g/mol. The predicted octanol–water partition coefficient (Wildman–Crippen LogP) is 3.80. The molecule has 0 amide bonds. The van der Waals surface area contributed by atoms with E-state index in [2.05, 4.69) is 36.5 Å². The molecule has 8 heteroatoms. The van der Waals surface area contributed by atoms with Gasteiger partial charge in [-0.3, -0.25) is 0 Å². The van der Waals surface area contributed by atoms with Crippen molar-refractivity contribution >= 4 is 38.7 Å². The van der Waals surface area contributed by atoms with Crippen LogP contribution >= 0.6 is 11.8 Å². The second-order valence-electron chi connectivity index (χ2n) is 9.64. The molecular formula is C26H30N2O4S2. The second kappa shape index (κ2) is 9.24. The topological polar surface area (TPSA) is 86.7 Å². The molecule has 1 unspecified atom stereocenters. The first-order chi connectivity index (χ1) is 16.0. The molecule has 34 heavy (non-hydrogen) atoms. The van der Waals surface area contributed by atoms with Crippen LogP contribution in [0.15, 0.2) is 59.1 Å². The predicted molar refractivity (Wildman–Crippen MR) is 137 cm³/mol. The maximum Gasteiger partial charge on any atom is 0.335 e. The van der Waals surface area contributed by atoms with Gasteiger partial charge in [-0.15, -0.1) is 0 Å². The molecule has 180 valence electrons. The van der Waals surface area contributed by atoms with Gasteiger partial charge in [0.25, 0.3) is 0 Å². The fourth-order valence-corrected chi connectivity index (χ4v) is 7.62. The minimum atomic E-state index is -3.74. The Morgan fingerprint density at radius 3 is 2.47 bits per heavy atom. The van der Waals surface area contributed by atoms with E-state index in [-0.39, 0.29) is 11.0 Å². The van der Waals surface area contributed by atoms with Crippen molar-refractivity contribution < 1.29 is 18.3 Å². The molecule has 6 nitrogen and oxygen atoms in total. The van der Waals surface area contributed by atoms with Crippen LogP contribution in [0, 0.1) is 5.41 Å². The van der Waals surface area contributed by atoms with Crippen LogP contribution in [0.25, 0.3) is 11.0 Å². The van der Waals surface area contributed by atoms with Gasteiger partial charge in [0.05, 0.1) is 10.5 Å². The first-order valence-electron chi connectivity index (χ1n) is 11.2. The van der Waals surface area contributed by atoms with Gasteiger partial charge >= 0.3 is 5.97 Å². The zero-order valence-corrected chi connectivity index (χ0v) is 21.5. The number of nitrogens with one attached hydrogen (secondary N) is 1. The molecular weight excluding hydrogens is 468 g/mol. The van der Waals surface area contributed by atoms with Gasteiger partial charge in [0.15, 0.2) is 0 Å². The van der Waals surface area contributed by atoms with Crippen LogP contribution in [-0.2, 0) is 16.6 Å². The molecule has 4 rings (SSSR count). The molecule has 0 radical (unpaired) electrons. The number of carbonyl (C=O) groups is 1.